The lowest BCUT2D eigenvalue weighted by Gasteiger charge is -2.08. The molecule has 0 saturated carbocycles. The number of amides is 2. The molecule has 0 saturated heterocycles. The summed E-state index contributed by atoms with van der Waals surface area (Å²) >= 11 is 5.99. The number of nitrogens with one attached hydrogen (secondary N) is 2. The van der Waals surface area contributed by atoms with Crippen molar-refractivity contribution in [2.75, 3.05) is 24.4 Å². The zero-order valence-corrected chi connectivity index (χ0v) is 16.3. The molecule has 0 aliphatic rings. The van der Waals surface area contributed by atoms with Crippen LogP contribution in [0.15, 0.2) is 42.5 Å². The molecule has 28 heavy (non-hydrogen) atoms. The predicted molar refractivity (Wildman–Crippen MR) is 107 cm³/mol. The summed E-state index contributed by atoms with van der Waals surface area (Å²) in [6.45, 7) is 1.41. The van der Waals surface area contributed by atoms with Crippen molar-refractivity contribution in [3.05, 3.63) is 53.1 Å². The Morgan fingerprint density at radius 3 is 2.21 bits per heavy atom. The van der Waals surface area contributed by atoms with Crippen molar-refractivity contribution in [1.29, 1.82) is 0 Å². The molecule has 0 aromatic heterocycles. The number of rotatable bonds is 8. The standard InChI is InChI=1S/C20H21ClN2O5/c1-13-3-4-15(11-17(13)21)23-19(25)12-28-20(26)10-9-18(24)22-14-5-7-16(27-2)8-6-14/h3-8,11H,9-10,12H2,1-2H3,(H,22,24)(H,23,25). The Morgan fingerprint density at radius 1 is 0.929 bits per heavy atom. The molecular formula is C20H21ClN2O5. The van der Waals surface area contributed by atoms with E-state index in [0.717, 1.165) is 5.56 Å². The van der Waals surface area contributed by atoms with Gasteiger partial charge in [0.25, 0.3) is 5.91 Å². The monoisotopic (exact) mass is 404 g/mol. The van der Waals surface area contributed by atoms with E-state index in [2.05, 4.69) is 10.6 Å². The van der Waals surface area contributed by atoms with Crippen LogP contribution in [-0.4, -0.2) is 31.5 Å². The summed E-state index contributed by atoms with van der Waals surface area (Å²) in [6, 6.07) is 11.9. The number of ether oxygens (including phenoxy) is 2. The number of hydrogen-bond donors (Lipinski definition) is 2. The maximum atomic E-state index is 11.9. The van der Waals surface area contributed by atoms with Gasteiger partial charge in [-0.1, -0.05) is 17.7 Å². The molecule has 0 radical (unpaired) electrons. The van der Waals surface area contributed by atoms with Crippen molar-refractivity contribution in [3.63, 3.8) is 0 Å². The molecule has 0 bridgehead atoms. The molecule has 0 spiro atoms. The van der Waals surface area contributed by atoms with Crippen LogP contribution in [0.3, 0.4) is 0 Å². The molecule has 2 N–H and O–H groups in total. The fourth-order valence-corrected chi connectivity index (χ4v) is 2.38. The van der Waals surface area contributed by atoms with Crippen LogP contribution in [0, 0.1) is 6.92 Å². The average molecular weight is 405 g/mol. The fraction of sp³-hybridized carbons (Fsp3) is 0.250. The van der Waals surface area contributed by atoms with Crippen LogP contribution < -0.4 is 15.4 Å². The van der Waals surface area contributed by atoms with Crippen molar-refractivity contribution < 1.29 is 23.9 Å². The second-order valence-corrected chi connectivity index (χ2v) is 6.36. The van der Waals surface area contributed by atoms with Gasteiger partial charge in [0.05, 0.1) is 13.5 Å². The normalized spacial score (nSPS) is 10.1. The lowest BCUT2D eigenvalue weighted by molar-refractivity contribution is -0.147. The Bertz CT molecular complexity index is 852. The lowest BCUT2D eigenvalue weighted by atomic mass is 10.2. The molecule has 0 aliphatic heterocycles. The molecule has 0 fully saturated rings. The van der Waals surface area contributed by atoms with Gasteiger partial charge in [-0.3, -0.25) is 14.4 Å². The van der Waals surface area contributed by atoms with Gasteiger partial charge >= 0.3 is 5.97 Å². The number of anilines is 2. The molecule has 0 heterocycles. The molecule has 148 valence electrons. The SMILES string of the molecule is COc1ccc(NC(=O)CCC(=O)OCC(=O)Nc2ccc(C)c(Cl)c2)cc1. The number of hydrogen-bond acceptors (Lipinski definition) is 5. The zero-order chi connectivity index (χ0) is 20.5. The van der Waals surface area contributed by atoms with Gasteiger partial charge in [-0.15, -0.1) is 0 Å². The smallest absolute Gasteiger partial charge is 0.306 e. The highest BCUT2D eigenvalue weighted by atomic mass is 35.5. The van der Waals surface area contributed by atoms with Crippen molar-refractivity contribution in [3.8, 4) is 5.75 Å². The lowest BCUT2D eigenvalue weighted by Crippen LogP contribution is -2.21. The van der Waals surface area contributed by atoms with Crippen molar-refractivity contribution >= 4 is 40.8 Å². The van der Waals surface area contributed by atoms with Crippen LogP contribution in [0.2, 0.25) is 5.02 Å². The highest BCUT2D eigenvalue weighted by Crippen LogP contribution is 2.20. The number of benzene rings is 2. The Kier molecular flexibility index (Phi) is 7.83. The second-order valence-electron chi connectivity index (χ2n) is 5.95. The Hall–Kier alpha value is -3.06. The molecule has 0 aliphatic carbocycles. The number of carbonyl (C=O) groups is 3. The summed E-state index contributed by atoms with van der Waals surface area (Å²) in [4.78, 5) is 35.4. The molecule has 0 unspecified atom stereocenters. The number of esters is 1. The van der Waals surface area contributed by atoms with E-state index in [1.165, 1.54) is 0 Å². The maximum absolute atomic E-state index is 11.9. The molecule has 2 amide bonds. The van der Waals surface area contributed by atoms with E-state index in [9.17, 15) is 14.4 Å². The van der Waals surface area contributed by atoms with Gasteiger partial charge in [0.15, 0.2) is 6.61 Å². The second kappa shape index (κ2) is 10.3. The maximum Gasteiger partial charge on any atom is 0.306 e. The third-order valence-corrected chi connectivity index (χ3v) is 4.16. The van der Waals surface area contributed by atoms with Gasteiger partial charge in [-0.05, 0) is 48.9 Å². The van der Waals surface area contributed by atoms with Gasteiger partial charge < -0.3 is 20.1 Å². The van der Waals surface area contributed by atoms with E-state index in [1.807, 2.05) is 6.92 Å². The summed E-state index contributed by atoms with van der Waals surface area (Å²) < 4.78 is 9.92. The Morgan fingerprint density at radius 2 is 1.57 bits per heavy atom. The van der Waals surface area contributed by atoms with Gasteiger partial charge in [0.2, 0.25) is 5.91 Å². The van der Waals surface area contributed by atoms with Crippen molar-refractivity contribution in [2.24, 2.45) is 0 Å². The van der Waals surface area contributed by atoms with Gasteiger partial charge in [0.1, 0.15) is 5.75 Å². The fourth-order valence-electron chi connectivity index (χ4n) is 2.20. The first-order valence-corrected chi connectivity index (χ1v) is 8.90. The summed E-state index contributed by atoms with van der Waals surface area (Å²) in [5.41, 5.74) is 1.99. The molecule has 2 aromatic carbocycles. The first-order valence-electron chi connectivity index (χ1n) is 8.53. The predicted octanol–water partition coefficient (Wildman–Crippen LogP) is 3.56. The molecular weight excluding hydrogens is 384 g/mol. The number of halogens is 1. The van der Waals surface area contributed by atoms with Gasteiger partial charge in [-0.2, -0.15) is 0 Å². The van der Waals surface area contributed by atoms with Gasteiger partial charge in [0, 0.05) is 22.8 Å². The zero-order valence-electron chi connectivity index (χ0n) is 15.6. The highest BCUT2D eigenvalue weighted by Gasteiger charge is 2.11. The van der Waals surface area contributed by atoms with Crippen LogP contribution in [0.4, 0.5) is 11.4 Å². The van der Waals surface area contributed by atoms with Crippen molar-refractivity contribution in [2.45, 2.75) is 19.8 Å². The van der Waals surface area contributed by atoms with Crippen LogP contribution in [0.1, 0.15) is 18.4 Å². The van der Waals surface area contributed by atoms with E-state index in [0.29, 0.717) is 22.1 Å². The summed E-state index contributed by atoms with van der Waals surface area (Å²) in [5, 5.41) is 5.77. The third kappa shape index (κ3) is 6.92. The number of aryl methyl sites for hydroxylation is 1. The summed E-state index contributed by atoms with van der Waals surface area (Å²) in [7, 11) is 1.55. The number of methoxy groups -OCH3 is 1. The van der Waals surface area contributed by atoms with Crippen LogP contribution >= 0.6 is 11.6 Å². The van der Waals surface area contributed by atoms with E-state index in [-0.39, 0.29) is 18.7 Å². The molecule has 0 atom stereocenters. The summed E-state index contributed by atoms with van der Waals surface area (Å²) in [5.74, 6) is -0.786. The Labute approximate surface area is 168 Å². The third-order valence-electron chi connectivity index (χ3n) is 3.75. The minimum absolute atomic E-state index is 0.0555. The topological polar surface area (TPSA) is 93.7 Å². The van der Waals surface area contributed by atoms with Crippen molar-refractivity contribution in [1.82, 2.24) is 0 Å². The van der Waals surface area contributed by atoms with Crippen LogP contribution in [0.25, 0.3) is 0 Å². The largest absolute Gasteiger partial charge is 0.497 e. The average Bonchev–Trinajstić information content (AvgIpc) is 2.68. The molecule has 2 rings (SSSR count). The number of carbonyl (C=O) groups excluding carboxylic acids is 3. The molecule has 7 nitrogen and oxygen atoms in total. The van der Waals surface area contributed by atoms with E-state index < -0.39 is 18.5 Å². The molecule has 8 heteroatoms. The van der Waals surface area contributed by atoms with E-state index in [1.54, 1.807) is 49.6 Å². The minimum atomic E-state index is -0.637. The van der Waals surface area contributed by atoms with Crippen LogP contribution in [0.5, 0.6) is 5.75 Å². The first kappa shape index (κ1) is 21.2. The minimum Gasteiger partial charge on any atom is -0.497 e. The first-order chi connectivity index (χ1) is 13.4. The van der Waals surface area contributed by atoms with Crippen LogP contribution in [-0.2, 0) is 19.1 Å². The van der Waals surface area contributed by atoms with Gasteiger partial charge in [-0.25, -0.2) is 0 Å². The molecule has 2 aromatic rings. The Balaban J connectivity index is 1.69. The van der Waals surface area contributed by atoms with E-state index in [4.69, 9.17) is 21.1 Å². The summed E-state index contributed by atoms with van der Waals surface area (Å²) in [6.07, 6.45) is -0.189. The quantitative estimate of drug-likeness (QED) is 0.656. The van der Waals surface area contributed by atoms with E-state index >= 15 is 0 Å². The highest BCUT2D eigenvalue weighted by molar-refractivity contribution is 6.31.